The molecule has 0 saturated carbocycles. The van der Waals surface area contributed by atoms with E-state index in [0.29, 0.717) is 43.4 Å². The van der Waals surface area contributed by atoms with Gasteiger partial charge in [-0.2, -0.15) is 4.31 Å². The van der Waals surface area contributed by atoms with Gasteiger partial charge in [0.25, 0.3) is 11.8 Å². The Labute approximate surface area is 173 Å². The van der Waals surface area contributed by atoms with Gasteiger partial charge >= 0.3 is 0 Å². The van der Waals surface area contributed by atoms with Crippen molar-refractivity contribution in [2.45, 2.75) is 13.8 Å². The summed E-state index contributed by atoms with van der Waals surface area (Å²) in [7, 11) is -3.21. The Kier molecular flexibility index (Phi) is 5.48. The Morgan fingerprint density at radius 1 is 1.10 bits per heavy atom. The van der Waals surface area contributed by atoms with Crippen LogP contribution in [0.3, 0.4) is 0 Å². The number of nitrogens with zero attached hydrogens (tertiary/aromatic N) is 6. The molecule has 9 nitrogen and oxygen atoms in total. The van der Waals surface area contributed by atoms with Crippen molar-refractivity contribution in [2.75, 3.05) is 36.8 Å². The Balaban J connectivity index is 1.57. The largest absolute Gasteiger partial charge is 0.414 e. The summed E-state index contributed by atoms with van der Waals surface area (Å²) >= 11 is 0. The van der Waals surface area contributed by atoms with Crippen LogP contribution < -0.4 is 4.90 Å². The fourth-order valence-electron chi connectivity index (χ4n) is 3.24. The first kappa shape index (κ1) is 20.4. The molecule has 4 rings (SSSR count). The molecule has 0 atom stereocenters. The highest BCUT2D eigenvalue weighted by Gasteiger charge is 2.27. The maximum atomic E-state index is 14.0. The molecule has 158 valence electrons. The summed E-state index contributed by atoms with van der Waals surface area (Å²) in [6.45, 7) is 5.18. The van der Waals surface area contributed by atoms with Crippen LogP contribution >= 0.6 is 0 Å². The van der Waals surface area contributed by atoms with E-state index in [9.17, 15) is 12.8 Å². The van der Waals surface area contributed by atoms with Gasteiger partial charge in [-0.1, -0.05) is 12.1 Å². The van der Waals surface area contributed by atoms with Crippen LogP contribution in [0.4, 0.5) is 10.2 Å². The third-order valence-electron chi connectivity index (χ3n) is 5.00. The van der Waals surface area contributed by atoms with Crippen molar-refractivity contribution in [1.82, 2.24) is 24.5 Å². The van der Waals surface area contributed by atoms with Gasteiger partial charge in [-0.3, -0.25) is 4.98 Å². The minimum Gasteiger partial charge on any atom is -0.414 e. The molecule has 1 aromatic carbocycles. The zero-order valence-electron chi connectivity index (χ0n) is 16.6. The lowest BCUT2D eigenvalue weighted by Crippen LogP contribution is -2.49. The predicted octanol–water partition coefficient (Wildman–Crippen LogP) is 2.11. The van der Waals surface area contributed by atoms with Crippen molar-refractivity contribution in [3.63, 3.8) is 0 Å². The normalized spacial score (nSPS) is 15.5. The average Bonchev–Trinajstić information content (AvgIpc) is 3.24. The standard InChI is InChI=1S/C19H21FN6O3S/c1-3-30(27,28)26-10-8-25(9-11-26)16-12-21-13(2)17(22-16)19-24-23-18(29-19)14-6-4-5-7-15(14)20/h4-7,12H,3,8-11H2,1-2H3. The number of aromatic nitrogens is 4. The summed E-state index contributed by atoms with van der Waals surface area (Å²) in [6, 6.07) is 6.15. The van der Waals surface area contributed by atoms with Gasteiger partial charge in [0, 0.05) is 26.2 Å². The molecule has 0 aliphatic carbocycles. The molecule has 11 heteroatoms. The number of aryl methyl sites for hydroxylation is 1. The molecule has 0 bridgehead atoms. The Bertz CT molecular complexity index is 1160. The first-order valence-corrected chi connectivity index (χ1v) is 11.1. The first-order valence-electron chi connectivity index (χ1n) is 9.54. The summed E-state index contributed by atoms with van der Waals surface area (Å²) in [6.07, 6.45) is 1.64. The molecule has 1 saturated heterocycles. The summed E-state index contributed by atoms with van der Waals surface area (Å²) in [4.78, 5) is 10.9. The van der Waals surface area contributed by atoms with Crippen molar-refractivity contribution < 1.29 is 17.2 Å². The van der Waals surface area contributed by atoms with Gasteiger partial charge in [0.1, 0.15) is 11.6 Å². The van der Waals surface area contributed by atoms with Gasteiger partial charge in [0.2, 0.25) is 10.0 Å². The second kappa shape index (κ2) is 8.07. The zero-order valence-corrected chi connectivity index (χ0v) is 17.4. The molecule has 0 unspecified atom stereocenters. The Morgan fingerprint density at radius 3 is 2.50 bits per heavy atom. The van der Waals surface area contributed by atoms with Crippen LogP contribution in [0.5, 0.6) is 0 Å². The van der Waals surface area contributed by atoms with Crippen molar-refractivity contribution in [3.05, 3.63) is 42.0 Å². The number of benzene rings is 1. The SMILES string of the molecule is CCS(=O)(=O)N1CCN(c2cnc(C)c(-c3nnc(-c4ccccc4F)o3)n2)CC1. The third kappa shape index (κ3) is 3.90. The van der Waals surface area contributed by atoms with Gasteiger partial charge in [-0.25, -0.2) is 17.8 Å². The third-order valence-corrected chi connectivity index (χ3v) is 6.88. The number of anilines is 1. The fraction of sp³-hybridized carbons (Fsp3) is 0.368. The topological polar surface area (TPSA) is 105 Å². The number of hydrogen-bond acceptors (Lipinski definition) is 8. The predicted molar refractivity (Wildman–Crippen MR) is 109 cm³/mol. The van der Waals surface area contributed by atoms with E-state index in [0.717, 1.165) is 0 Å². The monoisotopic (exact) mass is 432 g/mol. The molecule has 0 spiro atoms. The van der Waals surface area contributed by atoms with E-state index < -0.39 is 15.8 Å². The smallest absolute Gasteiger partial charge is 0.268 e. The molecule has 0 amide bonds. The van der Waals surface area contributed by atoms with Gasteiger partial charge in [0.15, 0.2) is 5.69 Å². The van der Waals surface area contributed by atoms with Crippen LogP contribution in [0, 0.1) is 12.7 Å². The molecule has 2 aromatic heterocycles. The van der Waals surface area contributed by atoms with Crippen LogP contribution in [-0.2, 0) is 10.0 Å². The van der Waals surface area contributed by atoms with E-state index in [2.05, 4.69) is 20.2 Å². The number of halogens is 1. The van der Waals surface area contributed by atoms with Crippen LogP contribution in [0.1, 0.15) is 12.6 Å². The van der Waals surface area contributed by atoms with Gasteiger partial charge < -0.3 is 9.32 Å². The fourth-order valence-corrected chi connectivity index (χ4v) is 4.32. The van der Waals surface area contributed by atoms with E-state index >= 15 is 0 Å². The molecule has 0 radical (unpaired) electrons. The van der Waals surface area contributed by atoms with E-state index in [4.69, 9.17) is 4.42 Å². The summed E-state index contributed by atoms with van der Waals surface area (Å²) in [5, 5.41) is 7.96. The maximum absolute atomic E-state index is 14.0. The lowest BCUT2D eigenvalue weighted by atomic mass is 10.2. The number of hydrogen-bond donors (Lipinski definition) is 0. The van der Waals surface area contributed by atoms with Crippen molar-refractivity contribution in [3.8, 4) is 23.0 Å². The van der Waals surface area contributed by atoms with Crippen LogP contribution in [0.15, 0.2) is 34.9 Å². The average molecular weight is 432 g/mol. The highest BCUT2D eigenvalue weighted by Crippen LogP contribution is 2.27. The van der Waals surface area contributed by atoms with E-state index in [1.165, 1.54) is 10.4 Å². The second-order valence-corrected chi connectivity index (χ2v) is 9.10. The minimum atomic E-state index is -3.21. The number of rotatable bonds is 5. The molecule has 1 aliphatic rings. The summed E-state index contributed by atoms with van der Waals surface area (Å²) < 4.78 is 45.3. The lowest BCUT2D eigenvalue weighted by Gasteiger charge is -2.34. The lowest BCUT2D eigenvalue weighted by molar-refractivity contribution is 0.384. The van der Waals surface area contributed by atoms with Gasteiger partial charge in [0.05, 0.1) is 23.2 Å². The van der Waals surface area contributed by atoms with Crippen LogP contribution in [0.25, 0.3) is 23.0 Å². The van der Waals surface area contributed by atoms with Crippen LogP contribution in [-0.4, -0.2) is 64.8 Å². The van der Waals surface area contributed by atoms with Crippen molar-refractivity contribution in [2.24, 2.45) is 0 Å². The zero-order chi connectivity index (χ0) is 21.3. The van der Waals surface area contributed by atoms with Crippen molar-refractivity contribution >= 4 is 15.8 Å². The highest BCUT2D eigenvalue weighted by atomic mass is 32.2. The van der Waals surface area contributed by atoms with Crippen molar-refractivity contribution in [1.29, 1.82) is 0 Å². The molecule has 1 fully saturated rings. The summed E-state index contributed by atoms with van der Waals surface area (Å²) in [5.41, 5.74) is 1.21. The van der Waals surface area contributed by atoms with Gasteiger partial charge in [-0.05, 0) is 26.0 Å². The molecule has 1 aliphatic heterocycles. The van der Waals surface area contributed by atoms with E-state index in [-0.39, 0.29) is 23.1 Å². The quantitative estimate of drug-likeness (QED) is 0.604. The minimum absolute atomic E-state index is 0.0630. The van der Waals surface area contributed by atoms with E-state index in [1.807, 2.05) is 4.90 Å². The molecule has 3 aromatic rings. The molecule has 0 N–H and O–H groups in total. The second-order valence-electron chi connectivity index (χ2n) is 6.84. The highest BCUT2D eigenvalue weighted by molar-refractivity contribution is 7.89. The maximum Gasteiger partial charge on any atom is 0.268 e. The van der Waals surface area contributed by atoms with Crippen LogP contribution in [0.2, 0.25) is 0 Å². The number of sulfonamides is 1. The van der Waals surface area contributed by atoms with E-state index in [1.54, 1.807) is 38.2 Å². The molecular weight excluding hydrogens is 411 g/mol. The number of piperazine rings is 1. The Morgan fingerprint density at radius 2 is 1.80 bits per heavy atom. The Hall–Kier alpha value is -2.92. The molecule has 3 heterocycles. The van der Waals surface area contributed by atoms with Gasteiger partial charge in [-0.15, -0.1) is 10.2 Å². The summed E-state index contributed by atoms with van der Waals surface area (Å²) in [5.74, 6) is 0.433. The molecule has 30 heavy (non-hydrogen) atoms. The molecular formula is C19H21FN6O3S. The first-order chi connectivity index (χ1) is 14.4.